The van der Waals surface area contributed by atoms with Crippen LogP contribution in [-0.4, -0.2) is 27.2 Å². The van der Waals surface area contributed by atoms with Crippen molar-refractivity contribution >= 4 is 23.2 Å². The third-order valence-electron chi connectivity index (χ3n) is 3.96. The molecule has 0 atom stereocenters. The lowest BCUT2D eigenvalue weighted by atomic mass is 10.0. The summed E-state index contributed by atoms with van der Waals surface area (Å²) in [4.78, 5) is 12.3. The Morgan fingerprint density at radius 1 is 0.958 bits per heavy atom. The van der Waals surface area contributed by atoms with Crippen molar-refractivity contribution in [1.82, 2.24) is 0 Å². The molecule has 0 spiro atoms. The van der Waals surface area contributed by atoms with Gasteiger partial charge in [-0.05, 0) is 42.8 Å². The summed E-state index contributed by atoms with van der Waals surface area (Å²) in [5, 5.41) is 2.88. The maximum atomic E-state index is 12.3. The number of hydrogen-bond acceptors (Lipinski definition) is 4. The molecule has 3 rings (SSSR count). The van der Waals surface area contributed by atoms with E-state index in [9.17, 15) is 4.79 Å². The number of amides is 1. The third kappa shape index (κ3) is 2.69. The molecule has 1 aliphatic heterocycles. The molecule has 5 nitrogen and oxygen atoms in total. The predicted molar refractivity (Wildman–Crippen MR) is 93.8 cm³/mol. The van der Waals surface area contributed by atoms with E-state index in [1.807, 2.05) is 43.3 Å². The molecule has 2 aromatic carbocycles. The Bertz CT molecular complexity index is 814. The summed E-state index contributed by atoms with van der Waals surface area (Å²) in [7, 11) is 4.69. The number of aryl methyl sites for hydroxylation is 1. The van der Waals surface area contributed by atoms with E-state index in [0.29, 0.717) is 22.8 Å². The van der Waals surface area contributed by atoms with Gasteiger partial charge in [0, 0.05) is 16.8 Å². The highest BCUT2D eigenvalue weighted by Gasteiger charge is 2.24. The van der Waals surface area contributed by atoms with Crippen molar-refractivity contribution in [3.63, 3.8) is 0 Å². The number of methoxy groups -OCH3 is 3. The second kappa shape index (κ2) is 6.28. The van der Waals surface area contributed by atoms with Crippen LogP contribution in [0.3, 0.4) is 0 Å². The van der Waals surface area contributed by atoms with Crippen LogP contribution < -0.4 is 19.5 Å². The van der Waals surface area contributed by atoms with E-state index in [4.69, 9.17) is 14.2 Å². The molecule has 0 unspecified atom stereocenters. The Hall–Kier alpha value is -2.95. The summed E-state index contributed by atoms with van der Waals surface area (Å²) in [6, 6.07) is 9.52. The molecule has 1 amide bonds. The highest BCUT2D eigenvalue weighted by Crippen LogP contribution is 2.40. The average Bonchev–Trinajstić information content (AvgIpc) is 2.89. The normalized spacial score (nSPS) is 14.3. The summed E-state index contributed by atoms with van der Waals surface area (Å²) >= 11 is 0. The maximum absolute atomic E-state index is 12.3. The first-order valence-electron chi connectivity index (χ1n) is 7.51. The largest absolute Gasteiger partial charge is 0.493 e. The summed E-state index contributed by atoms with van der Waals surface area (Å²) in [5.74, 6) is 1.50. The van der Waals surface area contributed by atoms with Gasteiger partial charge < -0.3 is 19.5 Å². The minimum Gasteiger partial charge on any atom is -0.493 e. The van der Waals surface area contributed by atoms with Gasteiger partial charge in [0.05, 0.1) is 21.3 Å². The van der Waals surface area contributed by atoms with Crippen LogP contribution in [0, 0.1) is 6.92 Å². The van der Waals surface area contributed by atoms with Gasteiger partial charge in [-0.25, -0.2) is 0 Å². The molecular weight excluding hydrogens is 306 g/mol. The molecule has 24 heavy (non-hydrogen) atoms. The molecule has 0 fully saturated rings. The highest BCUT2D eigenvalue weighted by atomic mass is 16.5. The Kier molecular flexibility index (Phi) is 4.16. The minimum absolute atomic E-state index is 0.121. The summed E-state index contributed by atoms with van der Waals surface area (Å²) in [6.45, 7) is 2.00. The zero-order valence-corrected chi connectivity index (χ0v) is 14.1. The number of anilines is 1. The van der Waals surface area contributed by atoms with Gasteiger partial charge in [-0.15, -0.1) is 0 Å². The van der Waals surface area contributed by atoms with Crippen molar-refractivity contribution in [2.45, 2.75) is 6.92 Å². The first kappa shape index (κ1) is 15.9. The van der Waals surface area contributed by atoms with Crippen molar-refractivity contribution in [3.05, 3.63) is 47.0 Å². The minimum atomic E-state index is -0.121. The molecule has 1 N–H and O–H groups in total. The van der Waals surface area contributed by atoms with E-state index in [-0.39, 0.29) is 5.91 Å². The number of hydrogen-bond donors (Lipinski definition) is 1. The Labute approximate surface area is 140 Å². The first-order chi connectivity index (χ1) is 11.6. The Morgan fingerprint density at radius 3 is 2.21 bits per heavy atom. The first-order valence-corrected chi connectivity index (χ1v) is 7.51. The standard InChI is InChI=1S/C19H19NO4/c1-11-5-6-15-13(7-11)14(19(21)20-15)8-12-9-16(22-2)18(24-4)17(10-12)23-3/h5-10H,1-4H3,(H,20,21). The van der Waals surface area contributed by atoms with Crippen LogP contribution in [0.5, 0.6) is 17.2 Å². The molecular formula is C19H19NO4. The number of ether oxygens (including phenoxy) is 3. The molecule has 2 aromatic rings. The van der Waals surface area contributed by atoms with E-state index in [1.165, 1.54) is 0 Å². The Morgan fingerprint density at radius 2 is 1.62 bits per heavy atom. The Balaban J connectivity index is 2.13. The topological polar surface area (TPSA) is 56.8 Å². The van der Waals surface area contributed by atoms with E-state index in [2.05, 4.69) is 5.32 Å². The monoisotopic (exact) mass is 325 g/mol. The number of nitrogens with one attached hydrogen (secondary N) is 1. The van der Waals surface area contributed by atoms with Crippen LogP contribution in [0.2, 0.25) is 0 Å². The number of benzene rings is 2. The lowest BCUT2D eigenvalue weighted by Gasteiger charge is -2.13. The van der Waals surface area contributed by atoms with Gasteiger partial charge in [-0.1, -0.05) is 11.6 Å². The molecule has 0 saturated carbocycles. The fourth-order valence-electron chi connectivity index (χ4n) is 2.80. The lowest BCUT2D eigenvalue weighted by Crippen LogP contribution is -2.03. The van der Waals surface area contributed by atoms with Gasteiger partial charge in [0.2, 0.25) is 5.75 Å². The highest BCUT2D eigenvalue weighted by molar-refractivity contribution is 6.35. The second-order valence-electron chi connectivity index (χ2n) is 5.52. The van der Waals surface area contributed by atoms with Crippen LogP contribution in [-0.2, 0) is 4.79 Å². The van der Waals surface area contributed by atoms with Crippen molar-refractivity contribution in [2.24, 2.45) is 0 Å². The molecule has 1 aliphatic rings. The summed E-state index contributed by atoms with van der Waals surface area (Å²) < 4.78 is 16.1. The van der Waals surface area contributed by atoms with Gasteiger partial charge in [0.25, 0.3) is 5.91 Å². The summed E-state index contributed by atoms with van der Waals surface area (Å²) in [5.41, 5.74) is 4.23. The molecule has 0 saturated heterocycles. The smallest absolute Gasteiger partial charge is 0.256 e. The van der Waals surface area contributed by atoms with Crippen LogP contribution in [0.1, 0.15) is 16.7 Å². The predicted octanol–water partition coefficient (Wildman–Crippen LogP) is 3.51. The molecule has 124 valence electrons. The number of rotatable bonds is 4. The fraction of sp³-hybridized carbons (Fsp3) is 0.211. The molecule has 0 radical (unpaired) electrons. The molecule has 1 heterocycles. The van der Waals surface area contributed by atoms with E-state index in [1.54, 1.807) is 21.3 Å². The van der Waals surface area contributed by atoms with Gasteiger partial charge in [0.1, 0.15) is 0 Å². The van der Waals surface area contributed by atoms with Crippen LogP contribution in [0.15, 0.2) is 30.3 Å². The maximum Gasteiger partial charge on any atom is 0.256 e. The molecule has 0 aliphatic carbocycles. The van der Waals surface area contributed by atoms with Gasteiger partial charge in [-0.3, -0.25) is 4.79 Å². The van der Waals surface area contributed by atoms with Gasteiger partial charge in [0.15, 0.2) is 11.5 Å². The number of fused-ring (bicyclic) bond motifs is 1. The van der Waals surface area contributed by atoms with Crippen molar-refractivity contribution in [2.75, 3.05) is 26.6 Å². The second-order valence-corrected chi connectivity index (χ2v) is 5.52. The fourth-order valence-corrected chi connectivity index (χ4v) is 2.80. The summed E-state index contributed by atoms with van der Waals surface area (Å²) in [6.07, 6.45) is 1.82. The van der Waals surface area contributed by atoms with E-state index >= 15 is 0 Å². The van der Waals surface area contributed by atoms with Crippen molar-refractivity contribution in [3.8, 4) is 17.2 Å². The average molecular weight is 325 g/mol. The van der Waals surface area contributed by atoms with E-state index < -0.39 is 0 Å². The van der Waals surface area contributed by atoms with Gasteiger partial charge in [-0.2, -0.15) is 0 Å². The van der Waals surface area contributed by atoms with Gasteiger partial charge >= 0.3 is 0 Å². The number of carbonyl (C=O) groups excluding carboxylic acids is 1. The lowest BCUT2D eigenvalue weighted by molar-refractivity contribution is -0.110. The zero-order valence-electron chi connectivity index (χ0n) is 14.1. The number of carbonyl (C=O) groups is 1. The quantitative estimate of drug-likeness (QED) is 0.874. The van der Waals surface area contributed by atoms with Crippen molar-refractivity contribution < 1.29 is 19.0 Å². The SMILES string of the molecule is COc1cc(C=C2C(=O)Nc3ccc(C)cc32)cc(OC)c1OC. The van der Waals surface area contributed by atoms with E-state index in [0.717, 1.165) is 22.4 Å². The molecule has 5 heteroatoms. The molecule has 0 aromatic heterocycles. The third-order valence-corrected chi connectivity index (χ3v) is 3.96. The zero-order chi connectivity index (χ0) is 17.3. The van der Waals surface area contributed by atoms with Crippen LogP contribution in [0.4, 0.5) is 5.69 Å². The van der Waals surface area contributed by atoms with Crippen LogP contribution in [0.25, 0.3) is 11.6 Å². The van der Waals surface area contributed by atoms with Crippen molar-refractivity contribution in [1.29, 1.82) is 0 Å². The van der Waals surface area contributed by atoms with Crippen LogP contribution >= 0.6 is 0 Å². The molecule has 0 bridgehead atoms.